The van der Waals surface area contributed by atoms with Gasteiger partial charge in [0, 0.05) is 12.8 Å². The van der Waals surface area contributed by atoms with Crippen LogP contribution in [0.3, 0.4) is 0 Å². The monoisotopic (exact) mass is 738 g/mol. The maximum Gasteiger partial charge on any atom is 0.305 e. The van der Waals surface area contributed by atoms with E-state index in [1.807, 2.05) is 0 Å². The van der Waals surface area contributed by atoms with E-state index in [2.05, 4.69) is 19.2 Å². The van der Waals surface area contributed by atoms with Crippen LogP contribution in [0, 0.1) is 0 Å². The van der Waals surface area contributed by atoms with Crippen molar-refractivity contribution in [2.45, 2.75) is 270 Å². The van der Waals surface area contributed by atoms with Gasteiger partial charge in [-0.25, -0.2) is 0 Å². The zero-order chi connectivity index (χ0) is 38.0. The van der Waals surface area contributed by atoms with Crippen LogP contribution in [0.25, 0.3) is 0 Å². The number of nitrogens with one attached hydrogen (secondary N) is 1. The summed E-state index contributed by atoms with van der Waals surface area (Å²) in [4.78, 5) is 24.3. The van der Waals surface area contributed by atoms with E-state index < -0.39 is 12.1 Å². The van der Waals surface area contributed by atoms with Gasteiger partial charge in [0.1, 0.15) is 0 Å². The first-order chi connectivity index (χ1) is 25.5. The first-order valence-electron chi connectivity index (χ1n) is 23.3. The summed E-state index contributed by atoms with van der Waals surface area (Å²) in [5, 5.41) is 23.1. The van der Waals surface area contributed by atoms with Crippen LogP contribution in [0.15, 0.2) is 0 Å². The number of rotatable bonds is 43. The number of unbranched alkanes of at least 4 members (excludes halogenated alkanes) is 32. The molecule has 0 fully saturated rings. The van der Waals surface area contributed by atoms with E-state index in [1.54, 1.807) is 0 Å². The number of aliphatic hydroxyl groups is 2. The van der Waals surface area contributed by atoms with Crippen molar-refractivity contribution in [3.05, 3.63) is 0 Å². The summed E-state index contributed by atoms with van der Waals surface area (Å²) >= 11 is 0. The average Bonchev–Trinajstić information content (AvgIpc) is 3.14. The third-order valence-electron chi connectivity index (χ3n) is 10.9. The molecule has 6 nitrogen and oxygen atoms in total. The quantitative estimate of drug-likeness (QED) is 0.0428. The summed E-state index contributed by atoms with van der Waals surface area (Å²) in [5.41, 5.74) is 0. The molecule has 3 N–H and O–H groups in total. The molecule has 0 bridgehead atoms. The third-order valence-corrected chi connectivity index (χ3v) is 10.9. The normalized spacial score (nSPS) is 12.6. The molecule has 0 saturated heterocycles. The standard InChI is InChI=1S/C46H91NO5/c1-3-5-7-9-11-13-18-22-26-30-34-38-44(49)43(42-48)47-45(50)39-35-31-27-23-20-16-15-17-21-25-29-33-37-41-52-46(51)40-36-32-28-24-19-14-12-10-8-6-4-2/h43-44,48-49H,3-42H2,1-2H3,(H,47,50). The van der Waals surface area contributed by atoms with Gasteiger partial charge in [0.2, 0.25) is 5.91 Å². The van der Waals surface area contributed by atoms with Crippen LogP contribution in [0.1, 0.15) is 258 Å². The Morgan fingerprint density at radius 3 is 1.17 bits per heavy atom. The fraction of sp³-hybridized carbons (Fsp3) is 0.957. The third kappa shape index (κ3) is 38.6. The summed E-state index contributed by atoms with van der Waals surface area (Å²) in [6.45, 7) is 4.91. The van der Waals surface area contributed by atoms with Gasteiger partial charge in [0.05, 0.1) is 25.4 Å². The van der Waals surface area contributed by atoms with Gasteiger partial charge in [0.25, 0.3) is 0 Å². The first-order valence-corrected chi connectivity index (χ1v) is 23.3. The van der Waals surface area contributed by atoms with E-state index in [-0.39, 0.29) is 18.5 Å². The smallest absolute Gasteiger partial charge is 0.305 e. The largest absolute Gasteiger partial charge is 0.466 e. The van der Waals surface area contributed by atoms with Crippen molar-refractivity contribution in [3.8, 4) is 0 Å². The minimum atomic E-state index is -0.669. The summed E-state index contributed by atoms with van der Waals surface area (Å²) in [7, 11) is 0. The lowest BCUT2D eigenvalue weighted by Crippen LogP contribution is -2.45. The second-order valence-electron chi connectivity index (χ2n) is 16.1. The number of carbonyl (C=O) groups excluding carboxylic acids is 2. The molecule has 0 rings (SSSR count). The number of carbonyl (C=O) groups is 2. The van der Waals surface area contributed by atoms with Gasteiger partial charge in [0.15, 0.2) is 0 Å². The van der Waals surface area contributed by atoms with E-state index in [0.717, 1.165) is 51.4 Å². The zero-order valence-electron chi connectivity index (χ0n) is 35.1. The maximum absolute atomic E-state index is 12.4. The second-order valence-corrected chi connectivity index (χ2v) is 16.1. The average molecular weight is 738 g/mol. The lowest BCUT2D eigenvalue weighted by molar-refractivity contribution is -0.143. The minimum Gasteiger partial charge on any atom is -0.466 e. The van der Waals surface area contributed by atoms with Crippen LogP contribution in [-0.2, 0) is 14.3 Å². The molecular weight excluding hydrogens is 647 g/mol. The zero-order valence-corrected chi connectivity index (χ0v) is 35.1. The molecule has 0 aliphatic carbocycles. The van der Waals surface area contributed by atoms with Crippen LogP contribution in [0.4, 0.5) is 0 Å². The Morgan fingerprint density at radius 1 is 0.462 bits per heavy atom. The molecule has 52 heavy (non-hydrogen) atoms. The maximum atomic E-state index is 12.4. The van der Waals surface area contributed by atoms with Crippen molar-refractivity contribution in [2.75, 3.05) is 13.2 Å². The molecule has 0 aromatic carbocycles. The molecule has 1 amide bonds. The Labute approximate surface area is 324 Å². The number of hydrogen-bond acceptors (Lipinski definition) is 5. The van der Waals surface area contributed by atoms with Gasteiger partial charge in [-0.15, -0.1) is 0 Å². The molecule has 0 aliphatic rings. The lowest BCUT2D eigenvalue weighted by Gasteiger charge is -2.22. The van der Waals surface area contributed by atoms with Crippen molar-refractivity contribution >= 4 is 11.9 Å². The molecule has 0 spiro atoms. The highest BCUT2D eigenvalue weighted by Crippen LogP contribution is 2.16. The number of esters is 1. The van der Waals surface area contributed by atoms with Gasteiger partial charge >= 0.3 is 5.97 Å². The van der Waals surface area contributed by atoms with Crippen LogP contribution in [0.2, 0.25) is 0 Å². The molecule has 0 aromatic heterocycles. The van der Waals surface area contributed by atoms with E-state index >= 15 is 0 Å². The molecule has 0 heterocycles. The highest BCUT2D eigenvalue weighted by atomic mass is 16.5. The highest BCUT2D eigenvalue weighted by molar-refractivity contribution is 5.76. The van der Waals surface area contributed by atoms with Crippen LogP contribution >= 0.6 is 0 Å². The second kappa shape index (κ2) is 42.6. The van der Waals surface area contributed by atoms with Crippen molar-refractivity contribution < 1.29 is 24.5 Å². The van der Waals surface area contributed by atoms with Gasteiger partial charge in [-0.2, -0.15) is 0 Å². The molecule has 6 heteroatoms. The van der Waals surface area contributed by atoms with E-state index in [4.69, 9.17) is 4.74 Å². The lowest BCUT2D eigenvalue weighted by atomic mass is 10.0. The Bertz CT molecular complexity index is 732. The van der Waals surface area contributed by atoms with E-state index in [9.17, 15) is 19.8 Å². The van der Waals surface area contributed by atoms with Crippen LogP contribution < -0.4 is 5.32 Å². The van der Waals surface area contributed by atoms with Crippen molar-refractivity contribution in [1.29, 1.82) is 0 Å². The molecule has 2 atom stereocenters. The highest BCUT2D eigenvalue weighted by Gasteiger charge is 2.20. The van der Waals surface area contributed by atoms with Crippen LogP contribution in [-0.4, -0.2) is 47.4 Å². The predicted molar refractivity (Wildman–Crippen MR) is 223 cm³/mol. The molecular formula is C46H91NO5. The Morgan fingerprint density at radius 2 is 0.788 bits per heavy atom. The van der Waals surface area contributed by atoms with Crippen molar-refractivity contribution in [1.82, 2.24) is 5.32 Å². The van der Waals surface area contributed by atoms with Gasteiger partial charge < -0.3 is 20.3 Å². The molecule has 0 aliphatic heterocycles. The van der Waals surface area contributed by atoms with Gasteiger partial charge in [-0.05, 0) is 25.7 Å². The van der Waals surface area contributed by atoms with E-state index in [0.29, 0.717) is 25.9 Å². The van der Waals surface area contributed by atoms with Gasteiger partial charge in [-0.1, -0.05) is 219 Å². The number of amides is 1. The predicted octanol–water partition coefficient (Wildman–Crippen LogP) is 13.2. The fourth-order valence-electron chi connectivity index (χ4n) is 7.29. The van der Waals surface area contributed by atoms with Crippen molar-refractivity contribution in [2.24, 2.45) is 0 Å². The summed E-state index contributed by atoms with van der Waals surface area (Å²) < 4.78 is 5.44. The molecule has 0 saturated carbocycles. The van der Waals surface area contributed by atoms with Crippen molar-refractivity contribution in [3.63, 3.8) is 0 Å². The number of ether oxygens (including phenoxy) is 1. The molecule has 0 aromatic rings. The first kappa shape index (κ1) is 50.9. The summed E-state index contributed by atoms with van der Waals surface area (Å²) in [5.74, 6) is -0.0541. The Hall–Kier alpha value is -1.14. The van der Waals surface area contributed by atoms with Gasteiger partial charge in [-0.3, -0.25) is 9.59 Å². The molecule has 2 unspecified atom stereocenters. The Kier molecular flexibility index (Phi) is 41.7. The SMILES string of the molecule is CCCCCCCCCCCCCC(=O)OCCCCCCCCCCCCCCCC(=O)NC(CO)C(O)CCCCCCCCCCCCC. The minimum absolute atomic E-state index is 0.00578. The molecule has 0 radical (unpaired) electrons. The summed E-state index contributed by atoms with van der Waals surface area (Å²) in [6.07, 6.45) is 44.8. The Balaban J connectivity index is 3.44. The molecule has 310 valence electrons. The fourth-order valence-corrected chi connectivity index (χ4v) is 7.29. The number of aliphatic hydroxyl groups excluding tert-OH is 2. The van der Waals surface area contributed by atoms with Crippen LogP contribution in [0.5, 0.6) is 0 Å². The number of hydrogen-bond donors (Lipinski definition) is 3. The summed E-state index contributed by atoms with van der Waals surface area (Å²) in [6, 6.07) is -0.547. The topological polar surface area (TPSA) is 95.9 Å². The van der Waals surface area contributed by atoms with E-state index in [1.165, 1.54) is 173 Å².